The molecule has 188 valence electrons. The average Bonchev–Trinajstić information content (AvgIpc) is 3.48. The van der Waals surface area contributed by atoms with E-state index in [9.17, 15) is 19.8 Å². The maximum atomic E-state index is 15.0. The number of carboxylic acids is 1. The quantitative estimate of drug-likeness (QED) is 0.292. The van der Waals surface area contributed by atoms with E-state index in [1.807, 2.05) is 0 Å². The minimum Gasteiger partial charge on any atom is -0.478 e. The van der Waals surface area contributed by atoms with E-state index in [0.29, 0.717) is 22.0 Å². The van der Waals surface area contributed by atoms with Crippen LogP contribution < -0.4 is 0 Å². The van der Waals surface area contributed by atoms with Crippen LogP contribution in [0.5, 0.6) is 0 Å². The lowest BCUT2D eigenvalue weighted by atomic mass is 10.0. The Kier molecular flexibility index (Phi) is 6.93. The Morgan fingerprint density at radius 2 is 1.92 bits per heavy atom. The number of aliphatic hydroxyl groups excluding tert-OH is 1. The topological polar surface area (TPSA) is 118 Å². The summed E-state index contributed by atoms with van der Waals surface area (Å²) in [6.07, 6.45) is 1.39. The van der Waals surface area contributed by atoms with E-state index in [-0.39, 0.29) is 53.1 Å². The molecule has 0 unspecified atom stereocenters. The maximum Gasteiger partial charge on any atom is 0.335 e. The number of aliphatic hydroxyl groups is 1. The van der Waals surface area contributed by atoms with Crippen LogP contribution in [0.3, 0.4) is 0 Å². The third-order valence-corrected chi connectivity index (χ3v) is 6.05. The lowest BCUT2D eigenvalue weighted by molar-refractivity contribution is 0.0696. The Balaban J connectivity index is 0.00000320. The van der Waals surface area contributed by atoms with Crippen molar-refractivity contribution >= 4 is 34.4 Å². The van der Waals surface area contributed by atoms with Gasteiger partial charge < -0.3 is 14.6 Å². The molecule has 2 aromatic heterocycles. The molecular weight excluding hydrogens is 501 g/mol. The zero-order valence-corrected chi connectivity index (χ0v) is 19.5. The number of aromatic nitrogens is 3. The van der Waals surface area contributed by atoms with Gasteiger partial charge in [0.2, 0.25) is 5.89 Å². The summed E-state index contributed by atoms with van der Waals surface area (Å²) in [6.45, 7) is 1.41. The zero-order chi connectivity index (χ0) is 25.6. The van der Waals surface area contributed by atoms with Crippen molar-refractivity contribution in [1.29, 1.82) is 0 Å². The van der Waals surface area contributed by atoms with Crippen LogP contribution >= 0.6 is 11.6 Å². The molecule has 5 aromatic rings. The Hall–Kier alpha value is -4.34. The van der Waals surface area contributed by atoms with Crippen LogP contribution in [0.4, 0.5) is 4.39 Å². The van der Waals surface area contributed by atoms with E-state index in [0.717, 1.165) is 10.7 Å². The monoisotopic (exact) mass is 521 g/mol. The van der Waals surface area contributed by atoms with Crippen LogP contribution in [0.15, 0.2) is 65.2 Å². The highest BCUT2D eigenvalue weighted by molar-refractivity contribution is 6.34. The van der Waals surface area contributed by atoms with Gasteiger partial charge >= 0.3 is 5.97 Å². The Morgan fingerprint density at radius 1 is 1.14 bits per heavy atom. The highest BCUT2D eigenvalue weighted by Gasteiger charge is 2.24. The molecule has 0 spiro atoms. The third-order valence-electron chi connectivity index (χ3n) is 5.74. The minimum atomic E-state index is -1.27. The molecule has 8 nitrogen and oxygen atoms in total. The highest BCUT2D eigenvalue weighted by atomic mass is 35.5. The summed E-state index contributed by atoms with van der Waals surface area (Å²) in [7, 11) is 0. The number of hydrogen-bond donors (Lipinski definition) is 2. The van der Waals surface area contributed by atoms with Crippen molar-refractivity contribution in [3.05, 3.63) is 94.1 Å². The minimum absolute atomic E-state index is 0. The number of oxazole rings is 1. The van der Waals surface area contributed by atoms with E-state index >= 15 is 4.39 Å². The lowest BCUT2D eigenvalue weighted by Gasteiger charge is -2.08. The van der Waals surface area contributed by atoms with E-state index < -0.39 is 17.7 Å². The standard InChI is InChI=1S/C26H17ClFN3O5.CH4/c1-13-3-2-4-19(27)22(13)25(33)31-21-10-14(24-29-11-16(12-32)36-24)5-8-18(21)23(30-31)17-7-6-15(26(34)35)9-20(17)28;/h2-11,32H,12H2,1H3,(H,34,35);1H4. The molecule has 37 heavy (non-hydrogen) atoms. The molecule has 10 heteroatoms. The van der Waals surface area contributed by atoms with Gasteiger partial charge in [0.1, 0.15) is 23.9 Å². The normalized spacial score (nSPS) is 10.9. The maximum absolute atomic E-state index is 15.0. The SMILES string of the molecule is C.Cc1cccc(Cl)c1C(=O)n1nc(-c2ccc(C(=O)O)cc2F)c2ccc(-c3ncc(CO)o3)cc21. The fourth-order valence-electron chi connectivity index (χ4n) is 3.96. The van der Waals surface area contributed by atoms with Crippen LogP contribution in [0, 0.1) is 12.7 Å². The molecule has 5 rings (SSSR count). The van der Waals surface area contributed by atoms with Gasteiger partial charge in [0.25, 0.3) is 5.91 Å². The molecule has 0 saturated heterocycles. The largest absolute Gasteiger partial charge is 0.478 e. The fraction of sp³-hybridized carbons (Fsp3) is 0.111. The Labute approximate surface area is 215 Å². The molecule has 0 saturated carbocycles. The average molecular weight is 522 g/mol. The van der Waals surface area contributed by atoms with Gasteiger partial charge in [0, 0.05) is 16.5 Å². The summed E-state index contributed by atoms with van der Waals surface area (Å²) in [5, 5.41) is 23.6. The van der Waals surface area contributed by atoms with Gasteiger partial charge in [-0.25, -0.2) is 14.2 Å². The number of fused-ring (bicyclic) bond motifs is 1. The number of carbonyl (C=O) groups excluding carboxylic acids is 1. The molecule has 0 atom stereocenters. The molecule has 2 heterocycles. The van der Waals surface area contributed by atoms with Crippen molar-refractivity contribution in [2.75, 3.05) is 0 Å². The van der Waals surface area contributed by atoms with Gasteiger partial charge in [-0.2, -0.15) is 9.78 Å². The molecule has 3 aromatic carbocycles. The summed E-state index contributed by atoms with van der Waals surface area (Å²) in [6, 6.07) is 13.5. The third kappa shape index (κ3) is 4.50. The van der Waals surface area contributed by atoms with Crippen molar-refractivity contribution in [3.63, 3.8) is 0 Å². The highest BCUT2D eigenvalue weighted by Crippen LogP contribution is 2.34. The number of hydrogen-bond acceptors (Lipinski definition) is 6. The molecule has 0 radical (unpaired) electrons. The van der Waals surface area contributed by atoms with Gasteiger partial charge in [-0.3, -0.25) is 4.79 Å². The molecule has 2 N–H and O–H groups in total. The number of nitrogens with zero attached hydrogens (tertiary/aromatic N) is 3. The Morgan fingerprint density at radius 3 is 2.57 bits per heavy atom. The lowest BCUT2D eigenvalue weighted by Crippen LogP contribution is -2.15. The molecule has 0 bridgehead atoms. The second-order valence-corrected chi connectivity index (χ2v) is 8.43. The van der Waals surface area contributed by atoms with Crippen molar-refractivity contribution in [1.82, 2.24) is 14.8 Å². The van der Waals surface area contributed by atoms with Gasteiger partial charge in [-0.05, 0) is 55.0 Å². The summed E-state index contributed by atoms with van der Waals surface area (Å²) in [4.78, 5) is 29.0. The number of carbonyl (C=O) groups is 2. The first-order chi connectivity index (χ1) is 17.3. The van der Waals surface area contributed by atoms with Crippen LogP contribution in [0.2, 0.25) is 5.02 Å². The number of carboxylic acid groups (broad SMARTS) is 1. The van der Waals surface area contributed by atoms with Gasteiger partial charge in [-0.15, -0.1) is 0 Å². The first-order valence-electron chi connectivity index (χ1n) is 10.7. The van der Waals surface area contributed by atoms with Crippen molar-refractivity contribution in [2.45, 2.75) is 21.0 Å². The summed E-state index contributed by atoms with van der Waals surface area (Å²) in [5.41, 5.74) is 1.66. The number of halogens is 2. The first-order valence-corrected chi connectivity index (χ1v) is 11.1. The molecule has 0 fully saturated rings. The smallest absolute Gasteiger partial charge is 0.335 e. The number of aromatic carboxylic acids is 1. The molecular formula is C27H21ClFN3O5. The Bertz CT molecular complexity index is 1650. The van der Waals surface area contributed by atoms with Crippen LogP contribution in [0.1, 0.15) is 39.5 Å². The zero-order valence-electron chi connectivity index (χ0n) is 18.7. The van der Waals surface area contributed by atoms with E-state index in [2.05, 4.69) is 10.1 Å². The number of benzene rings is 3. The van der Waals surface area contributed by atoms with Crippen LogP contribution in [0.25, 0.3) is 33.6 Å². The van der Waals surface area contributed by atoms with Gasteiger partial charge in [0.15, 0.2) is 0 Å². The second-order valence-electron chi connectivity index (χ2n) is 8.02. The summed E-state index contributed by atoms with van der Waals surface area (Å²) < 4.78 is 21.7. The van der Waals surface area contributed by atoms with Crippen LogP contribution in [-0.4, -0.2) is 36.9 Å². The predicted molar refractivity (Wildman–Crippen MR) is 136 cm³/mol. The van der Waals surface area contributed by atoms with E-state index in [1.165, 1.54) is 18.3 Å². The summed E-state index contributed by atoms with van der Waals surface area (Å²) >= 11 is 6.34. The summed E-state index contributed by atoms with van der Waals surface area (Å²) in [5.74, 6) is -2.11. The van der Waals surface area contributed by atoms with Crippen molar-refractivity contribution < 1.29 is 28.6 Å². The van der Waals surface area contributed by atoms with Crippen molar-refractivity contribution in [2.24, 2.45) is 0 Å². The molecule has 0 aliphatic rings. The first kappa shape index (κ1) is 25.7. The number of aryl methyl sites for hydroxylation is 1. The predicted octanol–water partition coefficient (Wildman–Crippen LogP) is 5.97. The fourth-order valence-corrected chi connectivity index (χ4v) is 4.27. The molecule has 0 aliphatic heterocycles. The van der Waals surface area contributed by atoms with Gasteiger partial charge in [0.05, 0.1) is 27.9 Å². The molecule has 0 amide bonds. The molecule has 0 aliphatic carbocycles. The van der Waals surface area contributed by atoms with Gasteiger partial charge in [-0.1, -0.05) is 31.2 Å². The van der Waals surface area contributed by atoms with Crippen molar-refractivity contribution in [3.8, 4) is 22.7 Å². The second kappa shape index (κ2) is 9.96. The number of rotatable bonds is 5. The van der Waals surface area contributed by atoms with E-state index in [4.69, 9.17) is 16.0 Å². The van der Waals surface area contributed by atoms with E-state index in [1.54, 1.807) is 43.3 Å². The van der Waals surface area contributed by atoms with Crippen LogP contribution in [-0.2, 0) is 6.61 Å².